The molecule has 17 heavy (non-hydrogen) atoms. The first kappa shape index (κ1) is 12.0. The summed E-state index contributed by atoms with van der Waals surface area (Å²) in [6, 6.07) is 4.72. The van der Waals surface area contributed by atoms with Crippen molar-refractivity contribution in [3.05, 3.63) is 24.0 Å². The van der Waals surface area contributed by atoms with Gasteiger partial charge in [0.15, 0.2) is 9.84 Å². The highest BCUT2D eigenvalue weighted by Crippen LogP contribution is 2.22. The second kappa shape index (κ2) is 4.82. The Labute approximate surface area is 100.0 Å². The van der Waals surface area contributed by atoms with Crippen LogP contribution in [0.3, 0.4) is 0 Å². The van der Waals surface area contributed by atoms with Crippen molar-refractivity contribution in [1.82, 2.24) is 4.98 Å². The molecule has 0 aliphatic carbocycles. The van der Waals surface area contributed by atoms with Crippen LogP contribution in [0.15, 0.2) is 23.2 Å². The van der Waals surface area contributed by atoms with E-state index in [9.17, 15) is 8.42 Å². The summed E-state index contributed by atoms with van der Waals surface area (Å²) in [5, 5.41) is 8.20. The van der Waals surface area contributed by atoms with Gasteiger partial charge < -0.3 is 4.74 Å². The van der Waals surface area contributed by atoms with Gasteiger partial charge in [-0.3, -0.25) is 0 Å². The smallest absolute Gasteiger partial charge is 0.182 e. The molecule has 6 heteroatoms. The van der Waals surface area contributed by atoms with E-state index in [1.165, 1.54) is 18.3 Å². The first-order valence-electron chi connectivity index (χ1n) is 5.32. The molecule has 1 aliphatic rings. The Morgan fingerprint density at radius 3 is 2.59 bits per heavy atom. The fraction of sp³-hybridized carbons (Fsp3) is 0.455. The highest BCUT2D eigenvalue weighted by atomic mass is 32.2. The lowest BCUT2D eigenvalue weighted by atomic mass is 10.2. The van der Waals surface area contributed by atoms with Crippen molar-refractivity contribution in [2.45, 2.75) is 23.0 Å². The van der Waals surface area contributed by atoms with Gasteiger partial charge in [-0.05, 0) is 25.0 Å². The Balaban J connectivity index is 2.27. The molecule has 0 atom stereocenters. The van der Waals surface area contributed by atoms with Gasteiger partial charge in [0, 0.05) is 19.4 Å². The largest absolute Gasteiger partial charge is 0.381 e. The molecule has 90 valence electrons. The van der Waals surface area contributed by atoms with Crippen LogP contribution in [-0.4, -0.2) is 31.9 Å². The molecule has 1 aromatic heterocycles. The maximum absolute atomic E-state index is 12.2. The van der Waals surface area contributed by atoms with Crippen molar-refractivity contribution in [3.8, 4) is 6.07 Å². The number of nitrogens with zero attached hydrogens (tertiary/aromatic N) is 2. The predicted molar refractivity (Wildman–Crippen MR) is 60.0 cm³/mol. The lowest BCUT2D eigenvalue weighted by molar-refractivity contribution is 0.0983. The Hall–Kier alpha value is -1.45. The molecule has 0 unspecified atom stereocenters. The van der Waals surface area contributed by atoms with E-state index in [4.69, 9.17) is 10.00 Å². The Bertz CT molecular complexity index is 525. The third-order valence-electron chi connectivity index (χ3n) is 2.79. The molecule has 0 bridgehead atoms. The lowest BCUT2D eigenvalue weighted by Gasteiger charge is -2.21. The van der Waals surface area contributed by atoms with Gasteiger partial charge in [-0.1, -0.05) is 0 Å². The zero-order chi connectivity index (χ0) is 12.3. The molecule has 1 fully saturated rings. The quantitative estimate of drug-likeness (QED) is 0.781. The zero-order valence-electron chi connectivity index (χ0n) is 9.17. The van der Waals surface area contributed by atoms with Crippen LogP contribution >= 0.6 is 0 Å². The van der Waals surface area contributed by atoms with Gasteiger partial charge >= 0.3 is 0 Å². The van der Waals surface area contributed by atoms with Gasteiger partial charge in [0.05, 0.1) is 10.1 Å². The van der Waals surface area contributed by atoms with Gasteiger partial charge in [-0.25, -0.2) is 13.4 Å². The number of aromatic nitrogens is 1. The van der Waals surface area contributed by atoms with Crippen molar-refractivity contribution in [1.29, 1.82) is 5.26 Å². The molecular weight excluding hydrogens is 240 g/mol. The molecule has 0 spiro atoms. The third kappa shape index (κ3) is 2.46. The predicted octanol–water partition coefficient (Wildman–Crippen LogP) is 0.906. The highest BCUT2D eigenvalue weighted by Gasteiger charge is 2.29. The number of pyridine rings is 1. The van der Waals surface area contributed by atoms with Crippen LogP contribution in [0.5, 0.6) is 0 Å². The molecule has 0 saturated carbocycles. The normalized spacial score (nSPS) is 17.6. The number of hydrogen-bond donors (Lipinski definition) is 0. The maximum atomic E-state index is 12.2. The van der Waals surface area contributed by atoms with E-state index < -0.39 is 15.1 Å². The molecule has 1 aromatic rings. The van der Waals surface area contributed by atoms with Crippen LogP contribution in [0.4, 0.5) is 0 Å². The van der Waals surface area contributed by atoms with Gasteiger partial charge in [0.25, 0.3) is 0 Å². The van der Waals surface area contributed by atoms with Crippen molar-refractivity contribution in [2.75, 3.05) is 13.2 Å². The summed E-state index contributed by atoms with van der Waals surface area (Å²) in [6.07, 6.45) is 2.29. The van der Waals surface area contributed by atoms with Crippen molar-refractivity contribution in [2.24, 2.45) is 0 Å². The maximum Gasteiger partial charge on any atom is 0.182 e. The standard InChI is InChI=1S/C11H12N2O3S/c12-7-9-1-2-11(8-13-9)17(14,15)10-3-5-16-6-4-10/h1-2,8,10H,3-6H2. The molecular formula is C11H12N2O3S. The van der Waals surface area contributed by atoms with Crippen LogP contribution in [-0.2, 0) is 14.6 Å². The van der Waals surface area contributed by atoms with Crippen molar-refractivity contribution < 1.29 is 13.2 Å². The monoisotopic (exact) mass is 252 g/mol. The summed E-state index contributed by atoms with van der Waals surface area (Å²) in [7, 11) is -3.34. The summed E-state index contributed by atoms with van der Waals surface area (Å²) in [5.74, 6) is 0. The number of rotatable bonds is 2. The van der Waals surface area contributed by atoms with E-state index in [0.29, 0.717) is 26.1 Å². The van der Waals surface area contributed by atoms with Crippen molar-refractivity contribution in [3.63, 3.8) is 0 Å². The topological polar surface area (TPSA) is 80.0 Å². The molecule has 0 radical (unpaired) electrons. The molecule has 0 aromatic carbocycles. The molecule has 0 N–H and O–H groups in total. The summed E-state index contributed by atoms with van der Waals surface area (Å²) in [6.45, 7) is 0.960. The molecule has 2 rings (SSSR count). The SMILES string of the molecule is N#Cc1ccc(S(=O)(=O)C2CCOCC2)cn1. The minimum absolute atomic E-state index is 0.184. The Kier molecular flexibility index (Phi) is 3.41. The second-order valence-corrected chi connectivity index (χ2v) is 6.08. The molecule has 5 nitrogen and oxygen atoms in total. The summed E-state index contributed by atoms with van der Waals surface area (Å²) in [4.78, 5) is 3.97. The van der Waals surface area contributed by atoms with E-state index in [2.05, 4.69) is 4.98 Å². The summed E-state index contributed by atoms with van der Waals surface area (Å²) >= 11 is 0. The fourth-order valence-electron chi connectivity index (χ4n) is 1.79. The first-order chi connectivity index (χ1) is 8.14. The molecule has 1 saturated heterocycles. The van der Waals surface area contributed by atoms with E-state index in [1.807, 2.05) is 6.07 Å². The Morgan fingerprint density at radius 2 is 2.06 bits per heavy atom. The number of nitriles is 1. The number of hydrogen-bond acceptors (Lipinski definition) is 5. The van der Waals surface area contributed by atoms with E-state index >= 15 is 0 Å². The Morgan fingerprint density at radius 1 is 1.35 bits per heavy atom. The number of sulfone groups is 1. The average molecular weight is 252 g/mol. The van der Waals surface area contributed by atoms with Crippen molar-refractivity contribution >= 4 is 9.84 Å². The zero-order valence-corrected chi connectivity index (χ0v) is 9.98. The number of ether oxygens (including phenoxy) is 1. The minimum atomic E-state index is -3.34. The van der Waals surface area contributed by atoms with E-state index in [1.54, 1.807) is 0 Å². The summed E-state index contributed by atoms with van der Waals surface area (Å²) in [5.41, 5.74) is 0.218. The van der Waals surface area contributed by atoms with Crippen LogP contribution in [0, 0.1) is 11.3 Å². The molecule has 2 heterocycles. The van der Waals surface area contributed by atoms with Crippen LogP contribution in [0.25, 0.3) is 0 Å². The minimum Gasteiger partial charge on any atom is -0.381 e. The average Bonchev–Trinajstić information content (AvgIpc) is 2.40. The lowest BCUT2D eigenvalue weighted by Crippen LogP contribution is -2.29. The van der Waals surface area contributed by atoms with Gasteiger partial charge in [0.1, 0.15) is 11.8 Å². The van der Waals surface area contributed by atoms with E-state index in [-0.39, 0.29) is 10.6 Å². The van der Waals surface area contributed by atoms with Gasteiger partial charge in [-0.2, -0.15) is 5.26 Å². The van der Waals surface area contributed by atoms with Crippen LogP contribution < -0.4 is 0 Å². The third-order valence-corrected chi connectivity index (χ3v) is 5.03. The van der Waals surface area contributed by atoms with Gasteiger partial charge in [-0.15, -0.1) is 0 Å². The van der Waals surface area contributed by atoms with Gasteiger partial charge in [0.2, 0.25) is 0 Å². The summed E-state index contributed by atoms with van der Waals surface area (Å²) < 4.78 is 29.6. The molecule has 1 aliphatic heterocycles. The highest BCUT2D eigenvalue weighted by molar-refractivity contribution is 7.92. The van der Waals surface area contributed by atoms with E-state index in [0.717, 1.165) is 0 Å². The first-order valence-corrected chi connectivity index (χ1v) is 6.87. The van der Waals surface area contributed by atoms with Crippen LogP contribution in [0.1, 0.15) is 18.5 Å². The van der Waals surface area contributed by atoms with Crippen LogP contribution in [0.2, 0.25) is 0 Å². The molecule has 0 amide bonds. The fourth-order valence-corrected chi connectivity index (χ4v) is 3.45. The second-order valence-electron chi connectivity index (χ2n) is 3.85.